The molecule has 172 valence electrons. The molecule has 0 saturated carbocycles. The van der Waals surface area contributed by atoms with Gasteiger partial charge in [0.2, 0.25) is 4.93 Å². The molecule has 0 N–H and O–H groups in total. The van der Waals surface area contributed by atoms with Gasteiger partial charge < -0.3 is 4.74 Å². The minimum absolute atomic E-state index is 0.110. The van der Waals surface area contributed by atoms with Crippen LogP contribution in [0.4, 0.5) is 5.69 Å². The molecule has 3 aromatic rings. The molecule has 2 aromatic carbocycles. The highest BCUT2D eigenvalue weighted by atomic mass is 79.9. The molecule has 3 atom stereocenters. The molecule has 0 bridgehead atoms. The van der Waals surface area contributed by atoms with Crippen molar-refractivity contribution < 1.29 is 9.53 Å². The van der Waals surface area contributed by atoms with Crippen molar-refractivity contribution in [1.82, 2.24) is 9.78 Å². The molecule has 2 saturated heterocycles. The maximum Gasteiger partial charge on any atom is 0.273 e. The maximum atomic E-state index is 13.7. The monoisotopic (exact) mass is 737 g/mol. The van der Waals surface area contributed by atoms with Crippen molar-refractivity contribution in [2.45, 2.75) is 25.3 Å². The fraction of sp³-hybridized carbons (Fsp3) is 0.273. The van der Waals surface area contributed by atoms with Gasteiger partial charge in [-0.2, -0.15) is 5.10 Å². The third kappa shape index (κ3) is 3.88. The average Bonchev–Trinajstić information content (AvgIpc) is 3.33. The van der Waals surface area contributed by atoms with Crippen molar-refractivity contribution in [3.05, 3.63) is 75.5 Å². The Balaban J connectivity index is 1.65. The number of hydrogen-bond donors (Lipinski definition) is 0. The minimum Gasteiger partial charge on any atom is -0.350 e. The van der Waals surface area contributed by atoms with Crippen LogP contribution < -0.4 is 4.90 Å². The summed E-state index contributed by atoms with van der Waals surface area (Å²) in [5, 5.41) is 5.18. The number of para-hydroxylation sites is 1. The summed E-state index contributed by atoms with van der Waals surface area (Å²) in [6, 6.07) is 16.9. The van der Waals surface area contributed by atoms with Crippen LogP contribution in [0.3, 0.4) is 0 Å². The number of aryl methyl sites for hydroxylation is 1. The van der Waals surface area contributed by atoms with Crippen LogP contribution >= 0.6 is 87.1 Å². The molecule has 2 aliphatic rings. The third-order valence-corrected chi connectivity index (χ3v) is 12.7. The summed E-state index contributed by atoms with van der Waals surface area (Å²) in [5.74, 6) is -0.121. The predicted octanol–water partition coefficient (Wildman–Crippen LogP) is 7.35. The number of nitrogens with zero attached hydrogens (tertiary/aromatic N) is 3. The fourth-order valence-electron chi connectivity index (χ4n) is 4.12. The van der Waals surface area contributed by atoms with Gasteiger partial charge in [-0.3, -0.25) is 9.69 Å². The Bertz CT molecular complexity index is 1230. The smallest absolute Gasteiger partial charge is 0.273 e. The Kier molecular flexibility index (Phi) is 6.59. The number of anilines is 1. The van der Waals surface area contributed by atoms with Crippen LogP contribution in [0.2, 0.25) is 5.15 Å². The molecule has 1 spiro atoms. The van der Waals surface area contributed by atoms with Crippen LogP contribution in [-0.4, -0.2) is 34.6 Å². The molecule has 5 rings (SSSR count). The van der Waals surface area contributed by atoms with Gasteiger partial charge in [-0.1, -0.05) is 105 Å². The summed E-state index contributed by atoms with van der Waals surface area (Å²) in [4.78, 5) is 14.3. The van der Waals surface area contributed by atoms with E-state index in [4.69, 9.17) is 21.4 Å². The average molecular weight is 742 g/mol. The molecule has 5 nitrogen and oxygen atoms in total. The molecule has 0 radical (unpaired) electrons. The predicted molar refractivity (Wildman–Crippen MR) is 147 cm³/mol. The number of thioether (sulfide) groups is 1. The first-order chi connectivity index (χ1) is 15.7. The summed E-state index contributed by atoms with van der Waals surface area (Å²) in [6.07, 6.45) is 0. The highest BCUT2D eigenvalue weighted by molar-refractivity contribution is 9.26. The topological polar surface area (TPSA) is 47.4 Å². The van der Waals surface area contributed by atoms with Crippen LogP contribution in [0, 0.1) is 6.92 Å². The van der Waals surface area contributed by atoms with Gasteiger partial charge in [0.25, 0.3) is 5.91 Å². The van der Waals surface area contributed by atoms with E-state index in [2.05, 4.69) is 63.7 Å². The number of β-lactam (4-membered cyclic amide) rings is 1. The second kappa shape index (κ2) is 8.94. The van der Waals surface area contributed by atoms with E-state index in [0.29, 0.717) is 11.8 Å². The minimum atomic E-state index is -1.13. The number of halogens is 5. The van der Waals surface area contributed by atoms with E-state index < -0.39 is 14.6 Å². The largest absolute Gasteiger partial charge is 0.350 e. The number of hydrogen-bond acceptors (Lipinski definition) is 4. The first-order valence-corrected chi connectivity index (χ1v) is 14.5. The number of aromatic nitrogens is 2. The van der Waals surface area contributed by atoms with Crippen LogP contribution in [-0.2, 0) is 9.53 Å². The van der Waals surface area contributed by atoms with E-state index in [1.54, 1.807) is 9.58 Å². The van der Waals surface area contributed by atoms with E-state index >= 15 is 0 Å². The zero-order valence-electron chi connectivity index (χ0n) is 17.0. The van der Waals surface area contributed by atoms with Crippen molar-refractivity contribution in [3.8, 4) is 5.69 Å². The number of alkyl halides is 3. The Morgan fingerprint density at radius 2 is 1.82 bits per heavy atom. The van der Waals surface area contributed by atoms with E-state index in [1.165, 1.54) is 11.8 Å². The number of carbonyl (C=O) groups is 1. The molecule has 1 amide bonds. The summed E-state index contributed by atoms with van der Waals surface area (Å²) in [5.41, 5.74) is 3.14. The lowest BCUT2D eigenvalue weighted by Crippen LogP contribution is -2.67. The number of benzene rings is 2. The van der Waals surface area contributed by atoms with Gasteiger partial charge in [0.1, 0.15) is 14.9 Å². The van der Waals surface area contributed by atoms with Crippen molar-refractivity contribution in [2.24, 2.45) is 0 Å². The fourth-order valence-corrected chi connectivity index (χ4v) is 7.77. The van der Waals surface area contributed by atoms with Crippen LogP contribution in [0.15, 0.2) is 59.1 Å². The summed E-state index contributed by atoms with van der Waals surface area (Å²) in [7, 11) is 0. The van der Waals surface area contributed by atoms with Gasteiger partial charge >= 0.3 is 0 Å². The van der Waals surface area contributed by atoms with E-state index in [-0.39, 0.29) is 9.64 Å². The first-order valence-electron chi connectivity index (χ1n) is 9.89. The molecule has 33 heavy (non-hydrogen) atoms. The Hall–Kier alpha value is -0.360. The SMILES string of the molecule is Cc1nn(-c2ccccc2)c(Cl)c1[C@H]1N(c2ccc(Br)cc2)C(=O)[C@]12OCC(Br)(C(Br)Br)S2. The van der Waals surface area contributed by atoms with Gasteiger partial charge in [-0.15, -0.1) is 0 Å². The van der Waals surface area contributed by atoms with Gasteiger partial charge in [0.05, 0.1) is 21.7 Å². The summed E-state index contributed by atoms with van der Waals surface area (Å²) in [6.45, 7) is 2.24. The highest BCUT2D eigenvalue weighted by Crippen LogP contribution is 2.65. The first kappa shape index (κ1) is 24.3. The standard InChI is InChI=1S/C22H16Br4ClN3O2S/c1-12-16(18(27)30(28-12)15-5-3-2-4-6-15)17-22(32-11-21(26,33-22)19(24)25)20(31)29(17)14-9-7-13(23)8-10-14/h2-10,17,19H,11H2,1H3/t17-,21?,22+/m1/s1. The maximum absolute atomic E-state index is 13.7. The van der Waals surface area contributed by atoms with E-state index in [9.17, 15) is 4.79 Å². The zero-order chi connectivity index (χ0) is 23.5. The lowest BCUT2D eigenvalue weighted by molar-refractivity contribution is -0.145. The Morgan fingerprint density at radius 1 is 1.15 bits per heavy atom. The zero-order valence-corrected chi connectivity index (χ0v) is 24.9. The van der Waals surface area contributed by atoms with Gasteiger partial charge in [0.15, 0.2) is 0 Å². The Morgan fingerprint density at radius 3 is 2.42 bits per heavy atom. The molecule has 11 heteroatoms. The lowest BCUT2D eigenvalue weighted by Gasteiger charge is -2.52. The summed E-state index contributed by atoms with van der Waals surface area (Å²) >= 11 is 22.8. The number of carbonyl (C=O) groups excluding carboxylic acids is 1. The third-order valence-electron chi connectivity index (χ3n) is 5.69. The highest BCUT2D eigenvalue weighted by Gasteiger charge is 2.71. The lowest BCUT2D eigenvalue weighted by atomic mass is 9.89. The van der Waals surface area contributed by atoms with Crippen molar-refractivity contribution in [1.29, 1.82) is 0 Å². The number of ether oxygens (including phenoxy) is 1. The molecule has 1 unspecified atom stereocenters. The van der Waals surface area contributed by atoms with Crippen LogP contribution in [0.25, 0.3) is 5.69 Å². The molecule has 0 aliphatic carbocycles. The molecular weight excluding hydrogens is 725 g/mol. The van der Waals surface area contributed by atoms with Crippen molar-refractivity contribution >= 4 is 98.7 Å². The normalized spacial score (nSPS) is 26.9. The van der Waals surface area contributed by atoms with E-state index in [1.807, 2.05) is 61.5 Å². The van der Waals surface area contributed by atoms with Gasteiger partial charge in [-0.05, 0) is 43.3 Å². The second-order valence-corrected chi connectivity index (χ2v) is 15.5. The van der Waals surface area contributed by atoms with E-state index in [0.717, 1.165) is 27.1 Å². The second-order valence-electron chi connectivity index (χ2n) is 7.74. The van der Waals surface area contributed by atoms with Crippen molar-refractivity contribution in [3.63, 3.8) is 0 Å². The van der Waals surface area contributed by atoms with Crippen molar-refractivity contribution in [2.75, 3.05) is 11.5 Å². The Labute approximate surface area is 234 Å². The molecule has 2 fully saturated rings. The summed E-state index contributed by atoms with van der Waals surface area (Å²) < 4.78 is 8.30. The van der Waals surface area contributed by atoms with Crippen LogP contribution in [0.5, 0.6) is 0 Å². The molecular formula is C22H16Br4ClN3O2S. The number of rotatable bonds is 4. The molecule has 3 heterocycles. The quantitative estimate of drug-likeness (QED) is 0.208. The molecule has 1 aromatic heterocycles. The van der Waals surface area contributed by atoms with Crippen LogP contribution in [0.1, 0.15) is 17.3 Å². The molecule has 2 aliphatic heterocycles. The van der Waals surface area contributed by atoms with Gasteiger partial charge in [0, 0.05) is 15.7 Å². The number of amides is 1. The van der Waals surface area contributed by atoms with Gasteiger partial charge in [-0.25, -0.2) is 4.68 Å².